The van der Waals surface area contributed by atoms with Crippen molar-refractivity contribution in [3.05, 3.63) is 11.5 Å². The van der Waals surface area contributed by atoms with Gasteiger partial charge in [0.2, 0.25) is 0 Å². The van der Waals surface area contributed by atoms with Crippen LogP contribution >= 0.6 is 0 Å². The van der Waals surface area contributed by atoms with Crippen LogP contribution < -0.4 is 5.73 Å². The van der Waals surface area contributed by atoms with E-state index < -0.39 is 5.97 Å². The predicted octanol–water partition coefficient (Wildman–Crippen LogP) is 1.29. The second-order valence-corrected chi connectivity index (χ2v) is 4.94. The lowest BCUT2D eigenvalue weighted by Crippen LogP contribution is -2.23. The number of methoxy groups -OCH3 is 1. The largest absolute Gasteiger partial charge is 0.464 e. The summed E-state index contributed by atoms with van der Waals surface area (Å²) in [6.45, 7) is 1.98. The van der Waals surface area contributed by atoms with Crippen LogP contribution in [0.5, 0.6) is 0 Å². The Balaban J connectivity index is 2.33. The number of ether oxygens (including phenoxy) is 1. The van der Waals surface area contributed by atoms with Crippen LogP contribution in [0.2, 0.25) is 0 Å². The lowest BCUT2D eigenvalue weighted by molar-refractivity contribution is 0.0595. The molecular formula is C13H21N3O3. The molecule has 1 saturated carbocycles. The fourth-order valence-corrected chi connectivity index (χ4v) is 2.71. The molecular weight excluding hydrogens is 246 g/mol. The molecule has 0 bridgehead atoms. The number of rotatable bonds is 3. The van der Waals surface area contributed by atoms with Gasteiger partial charge in [-0.2, -0.15) is 0 Å². The van der Waals surface area contributed by atoms with Gasteiger partial charge in [-0.05, 0) is 25.7 Å². The Kier molecular flexibility index (Phi) is 4.09. The second kappa shape index (κ2) is 5.61. The number of esters is 1. The van der Waals surface area contributed by atoms with Crippen molar-refractivity contribution in [3.8, 4) is 0 Å². The number of hydrogen-bond acceptors (Lipinski definition) is 5. The van der Waals surface area contributed by atoms with Gasteiger partial charge in [0, 0.05) is 12.5 Å². The van der Waals surface area contributed by atoms with Gasteiger partial charge in [-0.3, -0.25) is 0 Å². The van der Waals surface area contributed by atoms with E-state index >= 15 is 0 Å². The van der Waals surface area contributed by atoms with Crippen molar-refractivity contribution >= 4 is 11.8 Å². The molecule has 0 saturated heterocycles. The van der Waals surface area contributed by atoms with Gasteiger partial charge in [0.05, 0.1) is 13.2 Å². The van der Waals surface area contributed by atoms with E-state index in [1.165, 1.54) is 7.11 Å². The highest BCUT2D eigenvalue weighted by atomic mass is 16.5. The first-order valence-corrected chi connectivity index (χ1v) is 6.71. The van der Waals surface area contributed by atoms with E-state index in [1.54, 1.807) is 0 Å². The van der Waals surface area contributed by atoms with Crippen molar-refractivity contribution in [1.82, 2.24) is 9.55 Å². The Bertz CT molecular complexity index is 462. The third-order valence-corrected chi connectivity index (χ3v) is 3.75. The summed E-state index contributed by atoms with van der Waals surface area (Å²) in [5, 5.41) is 9.57. The summed E-state index contributed by atoms with van der Waals surface area (Å²) in [7, 11) is 1.32. The highest BCUT2D eigenvalue weighted by Crippen LogP contribution is 2.33. The van der Waals surface area contributed by atoms with Gasteiger partial charge in [0.15, 0.2) is 5.69 Å². The van der Waals surface area contributed by atoms with E-state index in [0.717, 1.165) is 31.5 Å². The van der Waals surface area contributed by atoms with Crippen molar-refractivity contribution in [1.29, 1.82) is 0 Å². The van der Waals surface area contributed by atoms with Gasteiger partial charge >= 0.3 is 5.97 Å². The third-order valence-electron chi connectivity index (χ3n) is 3.75. The normalized spacial score (nSPS) is 23.3. The Morgan fingerprint density at radius 2 is 2.11 bits per heavy atom. The minimum atomic E-state index is -0.498. The molecule has 1 aliphatic rings. The molecule has 1 aromatic heterocycles. The van der Waals surface area contributed by atoms with Crippen LogP contribution in [0, 0.1) is 0 Å². The van der Waals surface area contributed by atoms with Crippen molar-refractivity contribution in [2.75, 3.05) is 12.8 Å². The van der Waals surface area contributed by atoms with Crippen molar-refractivity contribution in [2.24, 2.45) is 0 Å². The Morgan fingerprint density at radius 3 is 2.63 bits per heavy atom. The fourth-order valence-electron chi connectivity index (χ4n) is 2.71. The Hall–Kier alpha value is -1.56. The highest BCUT2D eigenvalue weighted by Gasteiger charge is 2.27. The average molecular weight is 267 g/mol. The smallest absolute Gasteiger partial charge is 0.360 e. The number of nitrogens with zero attached hydrogens (tertiary/aromatic N) is 2. The number of anilines is 1. The first-order valence-electron chi connectivity index (χ1n) is 6.71. The van der Waals surface area contributed by atoms with Gasteiger partial charge in [-0.1, -0.05) is 6.92 Å². The van der Waals surface area contributed by atoms with Crippen LogP contribution in [0.3, 0.4) is 0 Å². The molecule has 19 heavy (non-hydrogen) atoms. The maximum Gasteiger partial charge on any atom is 0.360 e. The molecule has 0 spiro atoms. The molecule has 0 radical (unpaired) electrons. The molecule has 0 unspecified atom stereocenters. The Morgan fingerprint density at radius 1 is 1.47 bits per heavy atom. The van der Waals surface area contributed by atoms with E-state index in [9.17, 15) is 9.90 Å². The molecule has 1 heterocycles. The highest BCUT2D eigenvalue weighted by molar-refractivity contribution is 5.92. The van der Waals surface area contributed by atoms with Gasteiger partial charge in [0.1, 0.15) is 11.6 Å². The minimum absolute atomic E-state index is 0.200. The number of aryl methyl sites for hydroxylation is 1. The number of imidazole rings is 1. The summed E-state index contributed by atoms with van der Waals surface area (Å²) in [4.78, 5) is 15.9. The number of hydrogen-bond donors (Lipinski definition) is 2. The second-order valence-electron chi connectivity index (χ2n) is 4.94. The number of carbonyl (C=O) groups excluding carboxylic acids is 1. The maximum absolute atomic E-state index is 11.6. The third kappa shape index (κ3) is 2.58. The molecule has 6 heteroatoms. The number of nitrogens with two attached hydrogens (primary N) is 1. The van der Waals surface area contributed by atoms with Crippen LogP contribution in [0.4, 0.5) is 5.82 Å². The molecule has 3 N–H and O–H groups in total. The van der Waals surface area contributed by atoms with E-state index in [0.29, 0.717) is 12.2 Å². The zero-order valence-electron chi connectivity index (χ0n) is 11.4. The lowest BCUT2D eigenvalue weighted by Gasteiger charge is -2.28. The summed E-state index contributed by atoms with van der Waals surface area (Å²) in [6, 6.07) is 0.212. The molecule has 0 aromatic carbocycles. The summed E-state index contributed by atoms with van der Waals surface area (Å²) >= 11 is 0. The average Bonchev–Trinajstić information content (AvgIpc) is 2.76. The fraction of sp³-hybridized carbons (Fsp3) is 0.692. The van der Waals surface area contributed by atoms with E-state index in [4.69, 9.17) is 10.5 Å². The number of nitrogen functional groups attached to an aromatic ring is 1. The number of aromatic nitrogens is 2. The van der Waals surface area contributed by atoms with Gasteiger partial charge in [-0.25, -0.2) is 9.78 Å². The van der Waals surface area contributed by atoms with Crippen LogP contribution in [0.1, 0.15) is 55.0 Å². The van der Waals surface area contributed by atoms with Crippen molar-refractivity contribution in [3.63, 3.8) is 0 Å². The molecule has 0 amide bonds. The molecule has 2 rings (SSSR count). The van der Waals surface area contributed by atoms with Gasteiger partial charge < -0.3 is 20.1 Å². The zero-order valence-corrected chi connectivity index (χ0v) is 11.4. The first kappa shape index (κ1) is 13.9. The van der Waals surface area contributed by atoms with Crippen LogP contribution in [-0.2, 0) is 11.2 Å². The summed E-state index contributed by atoms with van der Waals surface area (Å²) in [5.41, 5.74) is 6.26. The van der Waals surface area contributed by atoms with Crippen LogP contribution in [0.15, 0.2) is 0 Å². The standard InChI is InChI=1S/C13H21N3O3/c1-3-10-15-11(13(18)19-2)12(14)16(10)8-4-6-9(17)7-5-8/h8-9,17H,3-7,14H2,1-2H3. The van der Waals surface area contributed by atoms with Gasteiger partial charge in [-0.15, -0.1) is 0 Å². The predicted molar refractivity (Wildman–Crippen MR) is 70.9 cm³/mol. The number of aliphatic hydroxyl groups excluding tert-OH is 1. The molecule has 1 aromatic rings. The number of carbonyl (C=O) groups is 1. The topological polar surface area (TPSA) is 90.4 Å². The van der Waals surface area contributed by atoms with Crippen LogP contribution in [0.25, 0.3) is 0 Å². The minimum Gasteiger partial charge on any atom is -0.464 e. The quantitative estimate of drug-likeness (QED) is 0.805. The van der Waals surface area contributed by atoms with Crippen molar-refractivity contribution < 1.29 is 14.6 Å². The number of aliphatic hydroxyl groups is 1. The zero-order chi connectivity index (χ0) is 14.0. The molecule has 0 atom stereocenters. The van der Waals surface area contributed by atoms with E-state index in [-0.39, 0.29) is 17.8 Å². The van der Waals surface area contributed by atoms with E-state index in [1.807, 2.05) is 11.5 Å². The molecule has 106 valence electrons. The lowest BCUT2D eigenvalue weighted by atomic mass is 9.93. The monoisotopic (exact) mass is 267 g/mol. The van der Waals surface area contributed by atoms with Gasteiger partial charge in [0.25, 0.3) is 0 Å². The SMILES string of the molecule is CCc1nc(C(=O)OC)c(N)n1C1CCC(O)CC1. The molecule has 6 nitrogen and oxygen atoms in total. The Labute approximate surface area is 112 Å². The first-order chi connectivity index (χ1) is 9.08. The maximum atomic E-state index is 11.6. The van der Waals surface area contributed by atoms with E-state index in [2.05, 4.69) is 4.98 Å². The summed E-state index contributed by atoms with van der Waals surface area (Å²) in [5.74, 6) is 0.686. The summed E-state index contributed by atoms with van der Waals surface area (Å²) < 4.78 is 6.64. The summed E-state index contributed by atoms with van der Waals surface area (Å²) in [6.07, 6.45) is 3.73. The van der Waals surface area contributed by atoms with Crippen molar-refractivity contribution in [2.45, 2.75) is 51.2 Å². The molecule has 0 aliphatic heterocycles. The molecule has 1 fully saturated rings. The van der Waals surface area contributed by atoms with Crippen LogP contribution in [-0.4, -0.2) is 33.8 Å². The molecule has 1 aliphatic carbocycles.